The topological polar surface area (TPSA) is 73.2 Å². The Labute approximate surface area is 126 Å². The van der Waals surface area contributed by atoms with Crippen LogP contribution in [0.1, 0.15) is 18.4 Å². The first-order chi connectivity index (χ1) is 10.0. The van der Waals surface area contributed by atoms with Crippen LogP contribution in [-0.4, -0.2) is 39.4 Å². The van der Waals surface area contributed by atoms with Gasteiger partial charge < -0.3 is 5.32 Å². The van der Waals surface area contributed by atoms with E-state index < -0.39 is 10.0 Å². The number of piperidine rings is 1. The zero-order valence-corrected chi connectivity index (χ0v) is 13.1. The lowest BCUT2D eigenvalue weighted by Gasteiger charge is -2.27. The molecule has 21 heavy (non-hydrogen) atoms. The van der Waals surface area contributed by atoms with Crippen LogP contribution in [0.25, 0.3) is 0 Å². The Hall–Kier alpha value is -1.42. The van der Waals surface area contributed by atoms with Gasteiger partial charge in [0.05, 0.1) is 17.4 Å². The summed E-state index contributed by atoms with van der Waals surface area (Å²) in [7, 11) is -1.80. The summed E-state index contributed by atoms with van der Waals surface area (Å²) in [6.45, 7) is 2.48. The molecule has 0 atom stereocenters. The van der Waals surface area contributed by atoms with Crippen molar-refractivity contribution in [3.8, 4) is 6.07 Å². The fourth-order valence-corrected chi connectivity index (χ4v) is 3.82. The van der Waals surface area contributed by atoms with Gasteiger partial charge in [-0.05, 0) is 49.5 Å². The predicted molar refractivity (Wildman–Crippen MR) is 81.2 cm³/mol. The molecule has 0 unspecified atom stereocenters. The van der Waals surface area contributed by atoms with Gasteiger partial charge in [0.2, 0.25) is 10.0 Å². The molecule has 0 spiro atoms. The van der Waals surface area contributed by atoms with E-state index in [0.717, 1.165) is 31.5 Å². The van der Waals surface area contributed by atoms with E-state index in [-0.39, 0.29) is 0 Å². The fraction of sp³-hybridized carbons (Fsp3) is 0.533. The first-order valence-corrected chi connectivity index (χ1v) is 8.61. The minimum Gasteiger partial charge on any atom is -0.317 e. The van der Waals surface area contributed by atoms with Gasteiger partial charge in [0.25, 0.3) is 0 Å². The lowest BCUT2D eigenvalue weighted by Crippen LogP contribution is -2.37. The number of hydrogen-bond acceptors (Lipinski definition) is 4. The second-order valence-corrected chi connectivity index (χ2v) is 7.50. The monoisotopic (exact) mass is 307 g/mol. The minimum atomic E-state index is -3.44. The third-order valence-corrected chi connectivity index (χ3v) is 5.73. The van der Waals surface area contributed by atoms with E-state index in [1.54, 1.807) is 31.3 Å². The molecule has 0 radical (unpaired) electrons. The zero-order valence-electron chi connectivity index (χ0n) is 12.2. The SMILES string of the molecule is CN(CC1CCNCC1)S(=O)(=O)c1ccc(CC#N)cc1. The van der Waals surface area contributed by atoms with E-state index in [4.69, 9.17) is 5.26 Å². The van der Waals surface area contributed by atoms with Crippen LogP contribution in [0.2, 0.25) is 0 Å². The molecule has 0 amide bonds. The van der Waals surface area contributed by atoms with E-state index in [1.165, 1.54) is 4.31 Å². The minimum absolute atomic E-state index is 0.292. The first kappa shape index (κ1) is 16.0. The molecule has 1 aliphatic rings. The Morgan fingerprint density at radius 1 is 1.29 bits per heavy atom. The quantitative estimate of drug-likeness (QED) is 0.892. The third kappa shape index (κ3) is 4.03. The smallest absolute Gasteiger partial charge is 0.242 e. The maximum absolute atomic E-state index is 12.5. The van der Waals surface area contributed by atoms with E-state index in [9.17, 15) is 8.42 Å². The van der Waals surface area contributed by atoms with Gasteiger partial charge in [-0.1, -0.05) is 12.1 Å². The summed E-state index contributed by atoms with van der Waals surface area (Å²) in [6.07, 6.45) is 2.33. The van der Waals surface area contributed by atoms with Crippen LogP contribution < -0.4 is 5.32 Å². The Bertz CT molecular complexity index is 599. The number of benzene rings is 1. The highest BCUT2D eigenvalue weighted by molar-refractivity contribution is 7.89. The highest BCUT2D eigenvalue weighted by Gasteiger charge is 2.24. The summed E-state index contributed by atoms with van der Waals surface area (Å²) in [4.78, 5) is 0.292. The summed E-state index contributed by atoms with van der Waals surface area (Å²) in [5.41, 5.74) is 0.831. The average molecular weight is 307 g/mol. The Kier molecular flexibility index (Phi) is 5.34. The maximum Gasteiger partial charge on any atom is 0.242 e. The fourth-order valence-electron chi connectivity index (χ4n) is 2.58. The highest BCUT2D eigenvalue weighted by Crippen LogP contribution is 2.19. The molecule has 1 aliphatic heterocycles. The third-order valence-electron chi connectivity index (χ3n) is 3.89. The molecule has 1 fully saturated rings. The molecule has 2 rings (SSSR count). The van der Waals surface area contributed by atoms with Gasteiger partial charge >= 0.3 is 0 Å². The normalized spacial score (nSPS) is 16.8. The Morgan fingerprint density at radius 2 is 1.90 bits per heavy atom. The molecule has 1 heterocycles. The van der Waals surface area contributed by atoms with Crippen molar-refractivity contribution in [3.05, 3.63) is 29.8 Å². The number of nitriles is 1. The zero-order chi connectivity index (χ0) is 15.3. The summed E-state index contributed by atoms with van der Waals surface area (Å²) >= 11 is 0. The number of sulfonamides is 1. The second kappa shape index (κ2) is 7.03. The molecule has 0 saturated carbocycles. The summed E-state index contributed by atoms with van der Waals surface area (Å²) in [6, 6.07) is 8.63. The molecular weight excluding hydrogens is 286 g/mol. The first-order valence-electron chi connectivity index (χ1n) is 7.17. The van der Waals surface area contributed by atoms with Crippen molar-refractivity contribution in [2.24, 2.45) is 5.92 Å². The highest BCUT2D eigenvalue weighted by atomic mass is 32.2. The number of hydrogen-bond donors (Lipinski definition) is 1. The van der Waals surface area contributed by atoms with Gasteiger partial charge in [0.15, 0.2) is 0 Å². The van der Waals surface area contributed by atoms with Gasteiger partial charge in [-0.25, -0.2) is 12.7 Å². The molecule has 0 aliphatic carbocycles. The van der Waals surface area contributed by atoms with Crippen molar-refractivity contribution >= 4 is 10.0 Å². The predicted octanol–water partition coefficient (Wildman–Crippen LogP) is 1.37. The Morgan fingerprint density at radius 3 is 2.48 bits per heavy atom. The van der Waals surface area contributed by atoms with E-state index in [2.05, 4.69) is 11.4 Å². The van der Waals surface area contributed by atoms with Gasteiger partial charge in [0.1, 0.15) is 0 Å². The van der Waals surface area contributed by atoms with Crippen molar-refractivity contribution < 1.29 is 8.42 Å². The van der Waals surface area contributed by atoms with Crippen molar-refractivity contribution in [1.29, 1.82) is 5.26 Å². The molecule has 6 heteroatoms. The second-order valence-electron chi connectivity index (χ2n) is 5.46. The van der Waals surface area contributed by atoms with E-state index in [1.807, 2.05) is 0 Å². The van der Waals surface area contributed by atoms with Crippen molar-refractivity contribution in [3.63, 3.8) is 0 Å². The summed E-state index contributed by atoms with van der Waals surface area (Å²) in [5, 5.41) is 11.9. The standard InChI is InChI=1S/C15H21N3O2S/c1-18(12-14-7-10-17-11-8-14)21(19,20)15-4-2-13(3-5-15)6-9-16/h2-5,14,17H,6-8,10-12H2,1H3. The van der Waals surface area contributed by atoms with Crippen LogP contribution in [0, 0.1) is 17.2 Å². The lowest BCUT2D eigenvalue weighted by atomic mass is 9.98. The van der Waals surface area contributed by atoms with Gasteiger partial charge in [0, 0.05) is 13.6 Å². The van der Waals surface area contributed by atoms with Crippen molar-refractivity contribution in [2.45, 2.75) is 24.2 Å². The van der Waals surface area contributed by atoms with Crippen LogP contribution in [0.5, 0.6) is 0 Å². The van der Waals surface area contributed by atoms with Crippen LogP contribution >= 0.6 is 0 Å². The summed E-state index contributed by atoms with van der Waals surface area (Å²) < 4.78 is 26.5. The van der Waals surface area contributed by atoms with Crippen LogP contribution in [0.15, 0.2) is 29.2 Å². The van der Waals surface area contributed by atoms with Crippen LogP contribution in [0.4, 0.5) is 0 Å². The largest absolute Gasteiger partial charge is 0.317 e. The van der Waals surface area contributed by atoms with Crippen LogP contribution in [-0.2, 0) is 16.4 Å². The van der Waals surface area contributed by atoms with E-state index >= 15 is 0 Å². The molecule has 114 valence electrons. The van der Waals surface area contributed by atoms with Gasteiger partial charge in [-0.3, -0.25) is 0 Å². The maximum atomic E-state index is 12.5. The molecule has 1 aromatic rings. The number of nitrogens with zero attached hydrogens (tertiary/aromatic N) is 2. The lowest BCUT2D eigenvalue weighted by molar-refractivity contribution is 0.311. The molecule has 5 nitrogen and oxygen atoms in total. The number of rotatable bonds is 5. The molecule has 0 bridgehead atoms. The van der Waals surface area contributed by atoms with Gasteiger partial charge in [-0.2, -0.15) is 5.26 Å². The average Bonchev–Trinajstić information content (AvgIpc) is 2.49. The number of nitrogens with one attached hydrogen (secondary N) is 1. The van der Waals surface area contributed by atoms with Crippen molar-refractivity contribution in [2.75, 3.05) is 26.7 Å². The molecular formula is C15H21N3O2S. The van der Waals surface area contributed by atoms with E-state index in [0.29, 0.717) is 23.8 Å². The van der Waals surface area contributed by atoms with Gasteiger partial charge in [-0.15, -0.1) is 0 Å². The molecule has 0 aromatic heterocycles. The molecule has 1 aromatic carbocycles. The molecule has 1 N–H and O–H groups in total. The van der Waals surface area contributed by atoms with Crippen LogP contribution in [0.3, 0.4) is 0 Å². The Balaban J connectivity index is 2.07. The molecule has 1 saturated heterocycles. The van der Waals surface area contributed by atoms with Crippen molar-refractivity contribution in [1.82, 2.24) is 9.62 Å². The summed E-state index contributed by atoms with van der Waals surface area (Å²) in [5.74, 6) is 0.420.